The van der Waals surface area contributed by atoms with Gasteiger partial charge in [-0.3, -0.25) is 0 Å². The van der Waals surface area contributed by atoms with E-state index in [1.165, 1.54) is 0 Å². The number of halogens is 2. The van der Waals surface area contributed by atoms with Crippen molar-refractivity contribution < 1.29 is 51.9 Å². The third-order valence-corrected chi connectivity index (χ3v) is 15.4. The molecule has 394 valence electrons. The minimum Gasteiger partial charge on any atom is -1.00 e. The zero-order valence-corrected chi connectivity index (χ0v) is 49.5. The lowest BCUT2D eigenvalue weighted by molar-refractivity contribution is -0.0000233. The van der Waals surface area contributed by atoms with E-state index in [0.717, 1.165) is 43.3 Å². The largest absolute Gasteiger partial charge is 1.00 e. The first-order chi connectivity index (χ1) is 36.0. The molecule has 0 saturated carbocycles. The highest BCUT2D eigenvalue weighted by molar-refractivity contribution is 9.10. The van der Waals surface area contributed by atoms with Crippen LogP contribution in [0.3, 0.4) is 0 Å². The van der Waals surface area contributed by atoms with Gasteiger partial charge in [0.25, 0.3) is 0 Å². The molecule has 0 aliphatic carbocycles. The van der Waals surface area contributed by atoms with Gasteiger partial charge in [-0.2, -0.15) is 0 Å². The molecule has 2 aromatic heterocycles. The summed E-state index contributed by atoms with van der Waals surface area (Å²) < 4.78 is 37.3. The summed E-state index contributed by atoms with van der Waals surface area (Å²) in [5, 5.41) is 0. The Bertz CT molecular complexity index is 3090. The summed E-state index contributed by atoms with van der Waals surface area (Å²) >= 11 is 3.52. The molecule has 0 atom stereocenters. The molecule has 0 unspecified atom stereocenters. The van der Waals surface area contributed by atoms with E-state index in [9.17, 15) is 0 Å². The van der Waals surface area contributed by atoms with Crippen molar-refractivity contribution in [2.45, 2.75) is 117 Å². The van der Waals surface area contributed by atoms with Gasteiger partial charge in [0.15, 0.2) is 34.9 Å². The van der Waals surface area contributed by atoms with Crippen LogP contribution in [0, 0.1) is 0 Å². The Labute approximate surface area is 480 Å². The van der Waals surface area contributed by atoms with Gasteiger partial charge in [0.2, 0.25) is 0 Å². The minimum absolute atomic E-state index is 0. The summed E-state index contributed by atoms with van der Waals surface area (Å²) in [6.45, 7) is 24.4. The number of aromatic nitrogens is 6. The standard InChI is InChI=1S/C27H26BN3O2.C21H14BrN3.C12H24B2O4.HI/c1-26(2)27(3,4)33-28(32-26)22-17-11-16-21(18-22)25-30-23(19-12-7-5-8-13-19)29-24(31-25)20-14-9-6-10-15-20;22-18-13-7-12-17(14-18)21-24-19(15-8-3-1-4-9-15)23-20(25-21)16-10-5-2-6-11-16;1-9(2)10(3,4)16-13(15-9)14-17-11(5,6)12(7,8)18-14;/h5-18H,1-4H3;1-14H;1-8H3;1H/p-1. The van der Waals surface area contributed by atoms with Crippen LogP contribution in [-0.2, 0) is 27.9 Å². The maximum atomic E-state index is 6.25. The first kappa shape index (κ1) is 57.7. The molecule has 11 rings (SSSR count). The van der Waals surface area contributed by atoms with E-state index in [4.69, 9.17) is 52.8 Å². The van der Waals surface area contributed by atoms with E-state index < -0.39 is 32.3 Å². The van der Waals surface area contributed by atoms with E-state index in [-0.39, 0.29) is 46.4 Å². The maximum absolute atomic E-state index is 6.25. The van der Waals surface area contributed by atoms with E-state index in [1.807, 2.05) is 225 Å². The van der Waals surface area contributed by atoms with Gasteiger partial charge in [0.1, 0.15) is 0 Å². The van der Waals surface area contributed by atoms with Crippen LogP contribution < -0.4 is 29.4 Å². The van der Waals surface area contributed by atoms with Crippen molar-refractivity contribution in [2.24, 2.45) is 0 Å². The smallest absolute Gasteiger partial charge is 0.494 e. The number of benzene rings is 6. The zero-order valence-electron chi connectivity index (χ0n) is 45.8. The maximum Gasteiger partial charge on any atom is 0.494 e. The summed E-state index contributed by atoms with van der Waals surface area (Å²) in [6.07, 6.45) is 0. The fourth-order valence-corrected chi connectivity index (χ4v) is 8.71. The Morgan fingerprint density at radius 1 is 0.299 bits per heavy atom. The first-order valence-electron chi connectivity index (χ1n) is 25.7. The topological polar surface area (TPSA) is 133 Å². The molecule has 0 bridgehead atoms. The lowest BCUT2D eigenvalue weighted by Crippen LogP contribution is -3.00. The van der Waals surface area contributed by atoms with Crippen LogP contribution in [0.1, 0.15) is 83.1 Å². The van der Waals surface area contributed by atoms with Gasteiger partial charge >= 0.3 is 21.1 Å². The molecule has 0 N–H and O–H groups in total. The summed E-state index contributed by atoms with van der Waals surface area (Å²) in [5.41, 5.74) is 4.37. The van der Waals surface area contributed by atoms with Crippen molar-refractivity contribution in [1.82, 2.24) is 29.9 Å². The van der Waals surface area contributed by atoms with Crippen LogP contribution in [0.5, 0.6) is 0 Å². The monoisotopic (exact) mass is 1200 g/mol. The van der Waals surface area contributed by atoms with E-state index in [1.54, 1.807) is 0 Å². The molecule has 3 aliphatic rings. The fourth-order valence-electron chi connectivity index (χ4n) is 8.31. The molecule has 3 saturated heterocycles. The molecular formula is C60H64B3BrIN6O6-. The SMILES string of the molecule is Brc1cccc(-c2nc(-c3ccccc3)nc(-c3ccccc3)n2)c1.CC1(C)OB(B2OC(C)(C)C(C)(C)O2)OC1(C)C.CC1(C)OB(c2cccc(-c3nc(-c4ccccc4)nc(-c4ccccc4)n3)c2)OC1(C)C.[I-]. The molecule has 0 amide bonds. The van der Waals surface area contributed by atoms with Crippen LogP contribution in [0.25, 0.3) is 68.3 Å². The van der Waals surface area contributed by atoms with E-state index >= 15 is 0 Å². The third-order valence-electron chi connectivity index (χ3n) is 14.9. The highest BCUT2D eigenvalue weighted by atomic mass is 127. The highest BCUT2D eigenvalue weighted by Gasteiger charge is 2.63. The summed E-state index contributed by atoms with van der Waals surface area (Å²) in [6, 6.07) is 55.9. The average Bonchev–Trinajstić information content (AvgIpc) is 3.89. The van der Waals surface area contributed by atoms with Crippen molar-refractivity contribution in [2.75, 3.05) is 0 Å². The second-order valence-corrected chi connectivity index (χ2v) is 23.0. The van der Waals surface area contributed by atoms with E-state index in [0.29, 0.717) is 34.9 Å². The van der Waals surface area contributed by atoms with E-state index in [2.05, 4.69) is 48.6 Å². The lowest BCUT2D eigenvalue weighted by Gasteiger charge is -2.32. The van der Waals surface area contributed by atoms with Gasteiger partial charge in [-0.1, -0.05) is 174 Å². The molecule has 17 heteroatoms. The molecule has 6 aromatic carbocycles. The van der Waals surface area contributed by atoms with Gasteiger partial charge < -0.3 is 51.9 Å². The van der Waals surface area contributed by atoms with Crippen molar-refractivity contribution >= 4 is 42.5 Å². The zero-order chi connectivity index (χ0) is 54.1. The van der Waals surface area contributed by atoms with Crippen molar-refractivity contribution in [3.05, 3.63) is 174 Å². The molecule has 3 aliphatic heterocycles. The molecule has 77 heavy (non-hydrogen) atoms. The van der Waals surface area contributed by atoms with Crippen LogP contribution in [0.15, 0.2) is 174 Å². The summed E-state index contributed by atoms with van der Waals surface area (Å²) in [5.74, 6) is 3.89. The average molecular weight is 1200 g/mol. The summed E-state index contributed by atoms with van der Waals surface area (Å²) in [7, 11) is -1.40. The molecular weight excluding hydrogens is 1140 g/mol. The Hall–Kier alpha value is -5.50. The van der Waals surface area contributed by atoms with Crippen LogP contribution in [0.4, 0.5) is 0 Å². The number of rotatable bonds is 8. The normalized spacial score (nSPS) is 18.1. The predicted molar refractivity (Wildman–Crippen MR) is 308 cm³/mol. The molecule has 12 nitrogen and oxygen atoms in total. The fraction of sp³-hybridized carbons (Fsp3) is 0.300. The number of nitrogens with zero attached hydrogens (tertiary/aromatic N) is 6. The van der Waals surface area contributed by atoms with Crippen LogP contribution in [-0.4, -0.2) is 84.6 Å². The van der Waals surface area contributed by atoms with Crippen molar-refractivity contribution in [3.8, 4) is 68.3 Å². The molecule has 5 heterocycles. The Morgan fingerprint density at radius 2 is 0.545 bits per heavy atom. The predicted octanol–water partition coefficient (Wildman–Crippen LogP) is 10.1. The Morgan fingerprint density at radius 3 is 0.844 bits per heavy atom. The van der Waals surface area contributed by atoms with Gasteiger partial charge in [0, 0.05) is 37.9 Å². The van der Waals surface area contributed by atoms with Gasteiger partial charge in [-0.15, -0.1) is 0 Å². The van der Waals surface area contributed by atoms with Gasteiger partial charge in [-0.05, 0) is 101 Å². The first-order valence-corrected chi connectivity index (χ1v) is 26.5. The lowest BCUT2D eigenvalue weighted by atomic mass is 9.49. The minimum atomic E-state index is -0.476. The second kappa shape index (κ2) is 23.1. The van der Waals surface area contributed by atoms with Crippen molar-refractivity contribution in [3.63, 3.8) is 0 Å². The Kier molecular flexibility index (Phi) is 17.3. The molecule has 3 fully saturated rings. The Balaban J connectivity index is 0.000000159. The number of hydrogen-bond acceptors (Lipinski definition) is 12. The van der Waals surface area contributed by atoms with Gasteiger partial charge in [-0.25, -0.2) is 29.9 Å². The second-order valence-electron chi connectivity index (χ2n) is 22.1. The van der Waals surface area contributed by atoms with Crippen molar-refractivity contribution in [1.29, 1.82) is 0 Å². The quantitative estimate of drug-likeness (QED) is 0.106. The third kappa shape index (κ3) is 13.0. The molecule has 0 radical (unpaired) electrons. The number of hydrogen-bond donors (Lipinski definition) is 0. The van der Waals surface area contributed by atoms with Crippen LogP contribution in [0.2, 0.25) is 0 Å². The highest BCUT2D eigenvalue weighted by Crippen LogP contribution is 2.43. The summed E-state index contributed by atoms with van der Waals surface area (Å²) in [4.78, 5) is 28.5. The molecule has 8 aromatic rings. The van der Waals surface area contributed by atoms with Crippen LogP contribution >= 0.6 is 15.9 Å². The van der Waals surface area contributed by atoms with Gasteiger partial charge in [0.05, 0.1) is 33.6 Å². The molecule has 0 spiro atoms.